The van der Waals surface area contributed by atoms with E-state index < -0.39 is 0 Å². The number of pyridine rings is 1. The summed E-state index contributed by atoms with van der Waals surface area (Å²) >= 11 is 5.25. The Morgan fingerprint density at radius 3 is 3.00 bits per heavy atom. The minimum Gasteiger partial charge on any atom is -0.306 e. The molecule has 16 heavy (non-hydrogen) atoms. The number of hydrogen-bond acceptors (Lipinski definition) is 3. The molecule has 4 heteroatoms. The van der Waals surface area contributed by atoms with Gasteiger partial charge in [0, 0.05) is 27.1 Å². The molecule has 0 aliphatic rings. The highest BCUT2D eigenvalue weighted by molar-refractivity contribution is 9.10. The zero-order chi connectivity index (χ0) is 11.4. The van der Waals surface area contributed by atoms with Gasteiger partial charge in [0.1, 0.15) is 0 Å². The average molecular weight is 297 g/mol. The van der Waals surface area contributed by atoms with Crippen LogP contribution in [0.25, 0.3) is 0 Å². The van der Waals surface area contributed by atoms with Gasteiger partial charge in [0.05, 0.1) is 6.04 Å². The smallest absolute Gasteiger partial charge is 0.0686 e. The van der Waals surface area contributed by atoms with Gasteiger partial charge in [0.25, 0.3) is 0 Å². The molecule has 2 aromatic heterocycles. The minimum atomic E-state index is 0.245. The third kappa shape index (κ3) is 2.70. The summed E-state index contributed by atoms with van der Waals surface area (Å²) in [5, 5.41) is 5.59. The van der Waals surface area contributed by atoms with Crippen LogP contribution in [0.3, 0.4) is 0 Å². The molecule has 2 nitrogen and oxygen atoms in total. The van der Waals surface area contributed by atoms with Crippen molar-refractivity contribution >= 4 is 27.3 Å². The van der Waals surface area contributed by atoms with Crippen molar-refractivity contribution in [1.82, 2.24) is 10.3 Å². The van der Waals surface area contributed by atoms with Crippen molar-refractivity contribution in [2.24, 2.45) is 0 Å². The number of hydrogen-bond donors (Lipinski definition) is 1. The standard InChI is InChI=1S/C12H13BrN2S/c1-2-15-12(9-4-3-5-14-7-9)11-6-10(13)8-16-11/h3-8,12,15H,2H2,1H3. The zero-order valence-electron chi connectivity index (χ0n) is 8.98. The van der Waals surface area contributed by atoms with E-state index in [0.717, 1.165) is 11.0 Å². The van der Waals surface area contributed by atoms with Crippen molar-refractivity contribution in [2.75, 3.05) is 6.54 Å². The van der Waals surface area contributed by atoms with Gasteiger partial charge in [0.2, 0.25) is 0 Å². The van der Waals surface area contributed by atoms with Crippen LogP contribution in [0.2, 0.25) is 0 Å². The number of aromatic nitrogens is 1. The lowest BCUT2D eigenvalue weighted by Gasteiger charge is -2.16. The first-order valence-corrected chi connectivity index (χ1v) is 6.85. The van der Waals surface area contributed by atoms with Gasteiger partial charge in [0.15, 0.2) is 0 Å². The highest BCUT2D eigenvalue weighted by atomic mass is 79.9. The summed E-state index contributed by atoms with van der Waals surface area (Å²) in [5.41, 5.74) is 1.21. The van der Waals surface area contributed by atoms with E-state index in [1.54, 1.807) is 17.5 Å². The second kappa shape index (κ2) is 5.57. The zero-order valence-corrected chi connectivity index (χ0v) is 11.4. The molecule has 2 rings (SSSR count). The molecule has 1 unspecified atom stereocenters. The van der Waals surface area contributed by atoms with Crippen molar-refractivity contribution in [3.63, 3.8) is 0 Å². The largest absolute Gasteiger partial charge is 0.306 e. The molecule has 0 radical (unpaired) electrons. The van der Waals surface area contributed by atoms with Gasteiger partial charge in [-0.2, -0.15) is 0 Å². The van der Waals surface area contributed by atoms with Crippen LogP contribution in [-0.4, -0.2) is 11.5 Å². The average Bonchev–Trinajstić information content (AvgIpc) is 2.74. The Morgan fingerprint density at radius 1 is 1.56 bits per heavy atom. The van der Waals surface area contributed by atoms with Gasteiger partial charge < -0.3 is 5.32 Å². The molecule has 2 aromatic rings. The Kier molecular flexibility index (Phi) is 4.09. The third-order valence-electron chi connectivity index (χ3n) is 2.30. The Hall–Kier alpha value is -0.710. The lowest BCUT2D eigenvalue weighted by atomic mass is 10.1. The lowest BCUT2D eigenvalue weighted by molar-refractivity contribution is 0.637. The van der Waals surface area contributed by atoms with Crippen LogP contribution in [0.15, 0.2) is 40.4 Å². The van der Waals surface area contributed by atoms with Crippen molar-refractivity contribution in [3.8, 4) is 0 Å². The fourth-order valence-corrected chi connectivity index (χ4v) is 3.16. The second-order valence-corrected chi connectivity index (χ2v) is 5.30. The maximum Gasteiger partial charge on any atom is 0.0686 e. The molecule has 1 atom stereocenters. The maximum absolute atomic E-state index is 4.17. The van der Waals surface area contributed by atoms with Crippen LogP contribution in [0.5, 0.6) is 0 Å². The second-order valence-electron chi connectivity index (χ2n) is 3.44. The van der Waals surface area contributed by atoms with E-state index in [1.807, 2.05) is 12.3 Å². The normalized spacial score (nSPS) is 12.6. The van der Waals surface area contributed by atoms with Crippen molar-refractivity contribution in [3.05, 3.63) is 50.9 Å². The molecule has 0 aromatic carbocycles. The fourth-order valence-electron chi connectivity index (χ4n) is 1.61. The van der Waals surface area contributed by atoms with Gasteiger partial charge in [-0.15, -0.1) is 11.3 Å². The fraction of sp³-hybridized carbons (Fsp3) is 0.250. The first-order chi connectivity index (χ1) is 7.81. The van der Waals surface area contributed by atoms with Gasteiger partial charge in [-0.1, -0.05) is 13.0 Å². The summed E-state index contributed by atoms with van der Waals surface area (Å²) in [6, 6.07) is 6.48. The van der Waals surface area contributed by atoms with Gasteiger partial charge in [-0.3, -0.25) is 4.98 Å². The summed E-state index contributed by atoms with van der Waals surface area (Å²) in [7, 11) is 0. The Balaban J connectivity index is 2.31. The molecule has 2 heterocycles. The van der Waals surface area contributed by atoms with E-state index in [1.165, 1.54) is 10.4 Å². The Labute approximate surface area is 108 Å². The van der Waals surface area contributed by atoms with Gasteiger partial charge >= 0.3 is 0 Å². The highest BCUT2D eigenvalue weighted by Gasteiger charge is 2.14. The van der Waals surface area contributed by atoms with E-state index in [-0.39, 0.29) is 6.04 Å². The van der Waals surface area contributed by atoms with Gasteiger partial charge in [-0.25, -0.2) is 0 Å². The Bertz CT molecular complexity index is 441. The van der Waals surface area contributed by atoms with E-state index in [9.17, 15) is 0 Å². The topological polar surface area (TPSA) is 24.9 Å². The first-order valence-electron chi connectivity index (χ1n) is 5.18. The molecule has 0 saturated carbocycles. The number of halogens is 1. The molecule has 0 spiro atoms. The first kappa shape index (κ1) is 11.8. The summed E-state index contributed by atoms with van der Waals surface area (Å²) < 4.78 is 1.14. The molecule has 0 fully saturated rings. The lowest BCUT2D eigenvalue weighted by Crippen LogP contribution is -2.21. The van der Waals surface area contributed by atoms with Crippen LogP contribution < -0.4 is 5.32 Å². The summed E-state index contributed by atoms with van der Waals surface area (Å²) in [6.45, 7) is 3.06. The van der Waals surface area contributed by atoms with Crippen LogP contribution in [0.1, 0.15) is 23.4 Å². The van der Waals surface area contributed by atoms with E-state index in [2.05, 4.69) is 50.7 Å². The molecular formula is C12H13BrN2S. The number of nitrogens with zero attached hydrogens (tertiary/aromatic N) is 1. The van der Waals surface area contributed by atoms with E-state index in [4.69, 9.17) is 0 Å². The molecule has 0 aliphatic heterocycles. The summed E-state index contributed by atoms with van der Waals surface area (Å²) in [4.78, 5) is 5.48. The Morgan fingerprint density at radius 2 is 2.44 bits per heavy atom. The van der Waals surface area contributed by atoms with Gasteiger partial charge in [-0.05, 0) is 40.2 Å². The molecule has 84 valence electrons. The number of rotatable bonds is 4. The van der Waals surface area contributed by atoms with Crippen molar-refractivity contribution < 1.29 is 0 Å². The van der Waals surface area contributed by atoms with E-state index in [0.29, 0.717) is 0 Å². The number of nitrogens with one attached hydrogen (secondary N) is 1. The minimum absolute atomic E-state index is 0.245. The quantitative estimate of drug-likeness (QED) is 0.932. The molecule has 1 N–H and O–H groups in total. The maximum atomic E-state index is 4.17. The number of thiophene rings is 1. The monoisotopic (exact) mass is 296 g/mol. The predicted octanol–water partition coefficient (Wildman–Crippen LogP) is 3.60. The third-order valence-corrected chi connectivity index (χ3v) is 4.06. The summed E-state index contributed by atoms with van der Waals surface area (Å²) in [6.07, 6.45) is 3.72. The molecule has 0 bridgehead atoms. The van der Waals surface area contributed by atoms with E-state index >= 15 is 0 Å². The van der Waals surface area contributed by atoms with Crippen LogP contribution in [0, 0.1) is 0 Å². The van der Waals surface area contributed by atoms with Crippen molar-refractivity contribution in [2.45, 2.75) is 13.0 Å². The van der Waals surface area contributed by atoms with Crippen LogP contribution >= 0.6 is 27.3 Å². The van der Waals surface area contributed by atoms with Crippen LogP contribution in [-0.2, 0) is 0 Å². The molecule has 0 aliphatic carbocycles. The SMILES string of the molecule is CCNC(c1cccnc1)c1cc(Br)cs1. The highest BCUT2D eigenvalue weighted by Crippen LogP contribution is 2.29. The van der Waals surface area contributed by atoms with Crippen LogP contribution in [0.4, 0.5) is 0 Å². The molecule has 0 saturated heterocycles. The molecule has 0 amide bonds. The predicted molar refractivity (Wildman–Crippen MR) is 71.8 cm³/mol. The summed E-state index contributed by atoms with van der Waals surface area (Å²) in [5.74, 6) is 0. The molecular weight excluding hydrogens is 284 g/mol. The van der Waals surface area contributed by atoms with Crippen molar-refractivity contribution in [1.29, 1.82) is 0 Å².